The maximum Gasteiger partial charge on any atom is 0.125 e. The van der Waals surface area contributed by atoms with E-state index in [1.165, 1.54) is 5.69 Å². The fourth-order valence-electron chi connectivity index (χ4n) is 2.97. The van der Waals surface area contributed by atoms with E-state index in [9.17, 15) is 0 Å². The molecular weight excluding hydrogens is 286 g/mol. The van der Waals surface area contributed by atoms with Crippen molar-refractivity contribution < 1.29 is 4.74 Å². The monoisotopic (exact) mass is 305 g/mol. The third-order valence-electron chi connectivity index (χ3n) is 4.13. The number of nitrogens with one attached hydrogen (secondary N) is 1. The summed E-state index contributed by atoms with van der Waals surface area (Å²) < 4.78 is 7.63. The molecule has 0 bridgehead atoms. The molecule has 112 valence electrons. The summed E-state index contributed by atoms with van der Waals surface area (Å²) in [5.41, 5.74) is 2.30. The minimum atomic E-state index is 0.572. The smallest absolute Gasteiger partial charge is 0.125 e. The molecule has 1 aromatic heterocycles. The number of imidazole rings is 1. The number of hydrogen-bond donors (Lipinski definition) is 1. The van der Waals surface area contributed by atoms with Crippen molar-refractivity contribution in [2.45, 2.75) is 25.3 Å². The molecule has 0 spiro atoms. The molecular formula is C16H20ClN3O. The number of rotatable bonds is 4. The van der Waals surface area contributed by atoms with Gasteiger partial charge in [-0.3, -0.25) is 0 Å². The lowest BCUT2D eigenvalue weighted by atomic mass is 9.95. The molecule has 1 aliphatic heterocycles. The summed E-state index contributed by atoms with van der Waals surface area (Å²) >= 11 is 6.34. The molecule has 1 fully saturated rings. The lowest BCUT2D eigenvalue weighted by Crippen LogP contribution is -2.27. The summed E-state index contributed by atoms with van der Waals surface area (Å²) in [4.78, 5) is 4.34. The SMILES string of the molecule is COc1cccc(Cl)c1Cn1cncc1C1CCNCC1. The van der Waals surface area contributed by atoms with Crippen LogP contribution in [0, 0.1) is 0 Å². The minimum Gasteiger partial charge on any atom is -0.496 e. The van der Waals surface area contributed by atoms with Gasteiger partial charge >= 0.3 is 0 Å². The maximum atomic E-state index is 6.34. The molecule has 1 saturated heterocycles. The summed E-state index contributed by atoms with van der Waals surface area (Å²) in [6.45, 7) is 2.85. The van der Waals surface area contributed by atoms with E-state index in [2.05, 4.69) is 14.9 Å². The topological polar surface area (TPSA) is 39.1 Å². The third kappa shape index (κ3) is 3.06. The molecule has 2 heterocycles. The van der Waals surface area contributed by atoms with Gasteiger partial charge in [-0.2, -0.15) is 0 Å². The molecule has 0 saturated carbocycles. The molecule has 1 aliphatic rings. The van der Waals surface area contributed by atoms with Crippen molar-refractivity contribution in [2.75, 3.05) is 20.2 Å². The van der Waals surface area contributed by atoms with Crippen LogP contribution in [0.5, 0.6) is 5.75 Å². The number of ether oxygens (including phenoxy) is 1. The van der Waals surface area contributed by atoms with Gasteiger partial charge < -0.3 is 14.6 Å². The zero-order valence-corrected chi connectivity index (χ0v) is 12.9. The number of halogens is 1. The van der Waals surface area contributed by atoms with Crippen molar-refractivity contribution >= 4 is 11.6 Å². The summed E-state index contributed by atoms with van der Waals surface area (Å²) in [5.74, 6) is 1.40. The first kappa shape index (κ1) is 14.4. The first-order chi connectivity index (χ1) is 10.3. The van der Waals surface area contributed by atoms with Crippen LogP contribution in [0.3, 0.4) is 0 Å². The van der Waals surface area contributed by atoms with Crippen molar-refractivity contribution in [3.8, 4) is 5.75 Å². The molecule has 5 heteroatoms. The van der Waals surface area contributed by atoms with Crippen LogP contribution in [0.4, 0.5) is 0 Å². The highest BCUT2D eigenvalue weighted by molar-refractivity contribution is 6.31. The van der Waals surface area contributed by atoms with Gasteiger partial charge in [-0.25, -0.2) is 4.98 Å². The zero-order valence-electron chi connectivity index (χ0n) is 12.2. The molecule has 0 atom stereocenters. The Morgan fingerprint density at radius 3 is 2.95 bits per heavy atom. The Morgan fingerprint density at radius 2 is 2.19 bits per heavy atom. The van der Waals surface area contributed by atoms with E-state index < -0.39 is 0 Å². The summed E-state index contributed by atoms with van der Waals surface area (Å²) in [7, 11) is 1.68. The summed E-state index contributed by atoms with van der Waals surface area (Å²) in [6.07, 6.45) is 6.19. The van der Waals surface area contributed by atoms with Crippen LogP contribution in [0.1, 0.15) is 30.0 Å². The van der Waals surface area contributed by atoms with Crippen LogP contribution in [0.25, 0.3) is 0 Å². The van der Waals surface area contributed by atoms with Crippen LogP contribution >= 0.6 is 11.6 Å². The van der Waals surface area contributed by atoms with E-state index in [1.807, 2.05) is 30.7 Å². The first-order valence-electron chi connectivity index (χ1n) is 7.31. The van der Waals surface area contributed by atoms with Crippen LogP contribution in [-0.2, 0) is 6.54 Å². The Hall–Kier alpha value is -1.52. The molecule has 1 aromatic carbocycles. The van der Waals surface area contributed by atoms with Gasteiger partial charge in [-0.05, 0) is 38.1 Å². The van der Waals surface area contributed by atoms with E-state index in [-0.39, 0.29) is 0 Å². The zero-order chi connectivity index (χ0) is 14.7. The number of methoxy groups -OCH3 is 1. The lowest BCUT2D eigenvalue weighted by Gasteiger charge is -2.24. The Kier molecular flexibility index (Phi) is 4.46. The Morgan fingerprint density at radius 1 is 1.38 bits per heavy atom. The maximum absolute atomic E-state index is 6.34. The number of hydrogen-bond acceptors (Lipinski definition) is 3. The van der Waals surface area contributed by atoms with E-state index >= 15 is 0 Å². The Labute approximate surface area is 130 Å². The second-order valence-electron chi connectivity index (χ2n) is 5.39. The van der Waals surface area contributed by atoms with Gasteiger partial charge in [0.2, 0.25) is 0 Å². The van der Waals surface area contributed by atoms with Gasteiger partial charge in [-0.15, -0.1) is 0 Å². The normalized spacial score (nSPS) is 16.1. The van der Waals surface area contributed by atoms with Crippen molar-refractivity contribution in [1.82, 2.24) is 14.9 Å². The third-order valence-corrected chi connectivity index (χ3v) is 4.48. The highest BCUT2D eigenvalue weighted by atomic mass is 35.5. The molecule has 0 unspecified atom stereocenters. The fourth-order valence-corrected chi connectivity index (χ4v) is 3.20. The van der Waals surface area contributed by atoms with Crippen molar-refractivity contribution in [3.63, 3.8) is 0 Å². The molecule has 4 nitrogen and oxygen atoms in total. The molecule has 3 rings (SSSR count). The predicted molar refractivity (Wildman–Crippen MR) is 84.2 cm³/mol. The minimum absolute atomic E-state index is 0.572. The Balaban J connectivity index is 1.87. The van der Waals surface area contributed by atoms with Crippen molar-refractivity contribution in [1.29, 1.82) is 0 Å². The average molecular weight is 306 g/mol. The van der Waals surface area contributed by atoms with Crippen LogP contribution in [-0.4, -0.2) is 29.8 Å². The van der Waals surface area contributed by atoms with Gasteiger partial charge in [0.25, 0.3) is 0 Å². The van der Waals surface area contributed by atoms with Crippen molar-refractivity contribution in [2.24, 2.45) is 0 Å². The summed E-state index contributed by atoms with van der Waals surface area (Å²) in [5, 5.41) is 4.14. The van der Waals surface area contributed by atoms with Crippen LogP contribution in [0.2, 0.25) is 5.02 Å². The quantitative estimate of drug-likeness (QED) is 0.943. The van der Waals surface area contributed by atoms with E-state index in [1.54, 1.807) is 7.11 Å². The highest BCUT2D eigenvalue weighted by Crippen LogP contribution is 2.30. The van der Waals surface area contributed by atoms with Gasteiger partial charge in [-0.1, -0.05) is 17.7 Å². The molecule has 0 radical (unpaired) electrons. The standard InChI is InChI=1S/C16H20ClN3O/c1-21-16-4-2-3-14(17)13(16)10-20-11-19-9-15(20)12-5-7-18-8-6-12/h2-4,9,11-12,18H,5-8,10H2,1H3. The second kappa shape index (κ2) is 6.50. The molecule has 2 aromatic rings. The number of piperidine rings is 1. The van der Waals surface area contributed by atoms with Gasteiger partial charge in [0.05, 0.1) is 20.0 Å². The van der Waals surface area contributed by atoms with Gasteiger partial charge in [0.15, 0.2) is 0 Å². The number of aromatic nitrogens is 2. The predicted octanol–water partition coefficient (Wildman–Crippen LogP) is 3.06. The Bertz CT molecular complexity index is 605. The number of nitrogens with zero attached hydrogens (tertiary/aromatic N) is 2. The molecule has 0 amide bonds. The highest BCUT2D eigenvalue weighted by Gasteiger charge is 2.19. The molecule has 1 N–H and O–H groups in total. The number of benzene rings is 1. The fraction of sp³-hybridized carbons (Fsp3) is 0.438. The average Bonchev–Trinajstić information content (AvgIpc) is 2.98. The van der Waals surface area contributed by atoms with E-state index in [0.717, 1.165) is 42.3 Å². The van der Waals surface area contributed by atoms with Crippen LogP contribution in [0.15, 0.2) is 30.7 Å². The van der Waals surface area contributed by atoms with E-state index in [0.29, 0.717) is 12.5 Å². The first-order valence-corrected chi connectivity index (χ1v) is 7.69. The summed E-state index contributed by atoms with van der Waals surface area (Å²) in [6, 6.07) is 5.76. The van der Waals surface area contributed by atoms with E-state index in [4.69, 9.17) is 16.3 Å². The lowest BCUT2D eigenvalue weighted by molar-refractivity contribution is 0.406. The molecule has 21 heavy (non-hydrogen) atoms. The second-order valence-corrected chi connectivity index (χ2v) is 5.80. The van der Waals surface area contributed by atoms with Gasteiger partial charge in [0.1, 0.15) is 5.75 Å². The van der Waals surface area contributed by atoms with Crippen molar-refractivity contribution in [3.05, 3.63) is 47.0 Å². The van der Waals surface area contributed by atoms with Crippen LogP contribution < -0.4 is 10.1 Å². The molecule has 0 aliphatic carbocycles. The van der Waals surface area contributed by atoms with Gasteiger partial charge in [0, 0.05) is 28.4 Å². The largest absolute Gasteiger partial charge is 0.496 e.